The molecular formula is C23H23F3N4O. The smallest absolute Gasteiger partial charge is 0.223 e. The summed E-state index contributed by atoms with van der Waals surface area (Å²) in [6, 6.07) is 9.47. The molecule has 162 valence electrons. The second-order valence-corrected chi connectivity index (χ2v) is 8.05. The van der Waals surface area contributed by atoms with Crippen LogP contribution in [0.4, 0.5) is 24.7 Å². The molecule has 0 saturated carbocycles. The third-order valence-corrected chi connectivity index (χ3v) is 5.21. The van der Waals surface area contributed by atoms with E-state index in [0.29, 0.717) is 54.6 Å². The molecule has 0 spiro atoms. The number of carbonyl (C=O) groups excluding carboxylic acids is 1. The minimum Gasteiger partial charge on any atom is -0.340 e. The van der Waals surface area contributed by atoms with Gasteiger partial charge in [-0.25, -0.2) is 18.2 Å². The minimum atomic E-state index is -0.961. The van der Waals surface area contributed by atoms with Crippen molar-refractivity contribution < 1.29 is 18.0 Å². The van der Waals surface area contributed by atoms with E-state index < -0.39 is 11.6 Å². The van der Waals surface area contributed by atoms with Crippen molar-refractivity contribution >= 4 is 17.4 Å². The van der Waals surface area contributed by atoms with Crippen LogP contribution in [0.25, 0.3) is 11.3 Å². The van der Waals surface area contributed by atoms with Gasteiger partial charge in [-0.1, -0.05) is 13.8 Å². The molecule has 1 N–H and O–H groups in total. The third kappa shape index (κ3) is 4.42. The maximum absolute atomic E-state index is 13.7. The highest BCUT2D eigenvalue weighted by molar-refractivity contribution is 5.78. The number of anilines is 2. The van der Waals surface area contributed by atoms with Gasteiger partial charge in [-0.3, -0.25) is 4.79 Å². The zero-order valence-electron chi connectivity index (χ0n) is 17.3. The van der Waals surface area contributed by atoms with E-state index in [9.17, 15) is 18.0 Å². The summed E-state index contributed by atoms with van der Waals surface area (Å²) in [5, 5.41) is 3.13. The van der Waals surface area contributed by atoms with E-state index in [0.717, 1.165) is 12.1 Å². The Morgan fingerprint density at radius 3 is 2.48 bits per heavy atom. The molecular weight excluding hydrogens is 405 g/mol. The Bertz CT molecular complexity index is 1110. The molecule has 1 aliphatic heterocycles. The fourth-order valence-corrected chi connectivity index (χ4v) is 3.67. The standard InChI is InChI=1S/C23H23F3N4O/c1-14(2)11-21(31)29-9-10-30-20(13-29)28-22(15-3-5-16(24)6-4-15)23(30)27-17-7-8-18(25)19(26)12-17/h3-8,12,14,27H,9-11,13H2,1-2H3. The summed E-state index contributed by atoms with van der Waals surface area (Å²) < 4.78 is 42.5. The molecule has 4 rings (SSSR count). The highest BCUT2D eigenvalue weighted by atomic mass is 19.2. The summed E-state index contributed by atoms with van der Waals surface area (Å²) in [7, 11) is 0. The molecule has 5 nitrogen and oxygen atoms in total. The number of benzene rings is 2. The Morgan fingerprint density at radius 2 is 1.81 bits per heavy atom. The van der Waals surface area contributed by atoms with Gasteiger partial charge in [-0.2, -0.15) is 0 Å². The van der Waals surface area contributed by atoms with Gasteiger partial charge >= 0.3 is 0 Å². The molecule has 31 heavy (non-hydrogen) atoms. The largest absolute Gasteiger partial charge is 0.340 e. The van der Waals surface area contributed by atoms with Gasteiger partial charge in [0.25, 0.3) is 0 Å². The van der Waals surface area contributed by atoms with Crippen LogP contribution in [0, 0.1) is 23.4 Å². The molecule has 2 aromatic carbocycles. The Labute approximate surface area is 178 Å². The average molecular weight is 428 g/mol. The molecule has 0 radical (unpaired) electrons. The number of imidazole rings is 1. The zero-order chi connectivity index (χ0) is 22.1. The molecule has 1 aromatic heterocycles. The van der Waals surface area contributed by atoms with Crippen molar-refractivity contribution in [2.45, 2.75) is 33.4 Å². The number of fused-ring (bicyclic) bond motifs is 1. The normalized spacial score (nSPS) is 13.4. The first-order chi connectivity index (χ1) is 14.8. The van der Waals surface area contributed by atoms with E-state index >= 15 is 0 Å². The van der Waals surface area contributed by atoms with E-state index in [4.69, 9.17) is 4.98 Å². The molecule has 1 aliphatic rings. The van der Waals surface area contributed by atoms with Crippen molar-refractivity contribution in [2.75, 3.05) is 11.9 Å². The van der Waals surface area contributed by atoms with E-state index in [1.54, 1.807) is 17.0 Å². The molecule has 0 atom stereocenters. The summed E-state index contributed by atoms with van der Waals surface area (Å²) in [6.45, 7) is 5.36. The Kier molecular flexibility index (Phi) is 5.71. The third-order valence-electron chi connectivity index (χ3n) is 5.21. The first kappa shape index (κ1) is 21.0. The first-order valence-electron chi connectivity index (χ1n) is 10.2. The number of nitrogens with zero attached hydrogens (tertiary/aromatic N) is 3. The molecule has 8 heteroatoms. The number of hydrogen-bond donors (Lipinski definition) is 1. The summed E-state index contributed by atoms with van der Waals surface area (Å²) in [6.07, 6.45) is 0.464. The Morgan fingerprint density at radius 1 is 1.06 bits per heavy atom. The highest BCUT2D eigenvalue weighted by Gasteiger charge is 2.27. The minimum absolute atomic E-state index is 0.0719. The van der Waals surface area contributed by atoms with Crippen LogP contribution in [0.2, 0.25) is 0 Å². The monoisotopic (exact) mass is 428 g/mol. The second kappa shape index (κ2) is 8.45. The molecule has 0 saturated heterocycles. The molecule has 0 bridgehead atoms. The van der Waals surface area contributed by atoms with Crippen molar-refractivity contribution in [3.05, 3.63) is 65.7 Å². The quantitative estimate of drug-likeness (QED) is 0.615. The van der Waals surface area contributed by atoms with E-state index in [1.165, 1.54) is 18.2 Å². The van der Waals surface area contributed by atoms with E-state index in [2.05, 4.69) is 5.32 Å². The van der Waals surface area contributed by atoms with Crippen molar-refractivity contribution in [1.82, 2.24) is 14.5 Å². The molecule has 0 aliphatic carbocycles. The van der Waals surface area contributed by atoms with E-state index in [-0.39, 0.29) is 17.6 Å². The van der Waals surface area contributed by atoms with Gasteiger partial charge in [0, 0.05) is 36.8 Å². The zero-order valence-corrected chi connectivity index (χ0v) is 17.3. The SMILES string of the molecule is CC(C)CC(=O)N1CCn2c(nc(-c3ccc(F)cc3)c2Nc2ccc(F)c(F)c2)C1. The number of amides is 1. The first-order valence-corrected chi connectivity index (χ1v) is 10.2. The van der Waals surface area contributed by atoms with Gasteiger partial charge in [0.1, 0.15) is 23.2 Å². The summed E-state index contributed by atoms with van der Waals surface area (Å²) in [5.74, 6) is -0.669. The van der Waals surface area contributed by atoms with Crippen LogP contribution in [0.15, 0.2) is 42.5 Å². The van der Waals surface area contributed by atoms with Gasteiger partial charge < -0.3 is 14.8 Å². The predicted molar refractivity (Wildman–Crippen MR) is 112 cm³/mol. The van der Waals surface area contributed by atoms with Gasteiger partial charge in [0.15, 0.2) is 11.6 Å². The van der Waals surface area contributed by atoms with Crippen LogP contribution in [-0.2, 0) is 17.9 Å². The summed E-state index contributed by atoms with van der Waals surface area (Å²) >= 11 is 0. The van der Waals surface area contributed by atoms with Crippen LogP contribution in [0.1, 0.15) is 26.1 Å². The lowest BCUT2D eigenvalue weighted by molar-refractivity contribution is -0.133. The summed E-state index contributed by atoms with van der Waals surface area (Å²) in [4.78, 5) is 19.0. The molecule has 0 fully saturated rings. The fourth-order valence-electron chi connectivity index (χ4n) is 3.67. The second-order valence-electron chi connectivity index (χ2n) is 8.05. The van der Waals surface area contributed by atoms with Crippen molar-refractivity contribution in [2.24, 2.45) is 5.92 Å². The van der Waals surface area contributed by atoms with E-state index in [1.807, 2.05) is 18.4 Å². The Hall–Kier alpha value is -3.29. The predicted octanol–water partition coefficient (Wildman–Crippen LogP) is 5.10. The lowest BCUT2D eigenvalue weighted by Crippen LogP contribution is -2.39. The Balaban J connectivity index is 1.72. The van der Waals surface area contributed by atoms with Gasteiger partial charge in [-0.05, 0) is 42.3 Å². The van der Waals surface area contributed by atoms with Gasteiger partial charge in [0.05, 0.1) is 6.54 Å². The highest BCUT2D eigenvalue weighted by Crippen LogP contribution is 2.33. The van der Waals surface area contributed by atoms with Crippen LogP contribution in [0.3, 0.4) is 0 Å². The molecule has 0 unspecified atom stereocenters. The number of carbonyl (C=O) groups is 1. The van der Waals surface area contributed by atoms with Gasteiger partial charge in [-0.15, -0.1) is 0 Å². The number of hydrogen-bond acceptors (Lipinski definition) is 3. The number of halogens is 3. The van der Waals surface area contributed by atoms with Crippen molar-refractivity contribution in [3.8, 4) is 11.3 Å². The summed E-state index contributed by atoms with van der Waals surface area (Å²) in [5.41, 5.74) is 1.59. The maximum atomic E-state index is 13.7. The number of nitrogens with one attached hydrogen (secondary N) is 1. The molecule has 2 heterocycles. The average Bonchev–Trinajstić information content (AvgIpc) is 3.08. The lowest BCUT2D eigenvalue weighted by atomic mass is 10.1. The maximum Gasteiger partial charge on any atom is 0.223 e. The van der Waals surface area contributed by atoms with Crippen LogP contribution in [0.5, 0.6) is 0 Å². The van der Waals surface area contributed by atoms with Crippen molar-refractivity contribution in [3.63, 3.8) is 0 Å². The van der Waals surface area contributed by atoms with Crippen LogP contribution < -0.4 is 5.32 Å². The molecule has 1 amide bonds. The van der Waals surface area contributed by atoms with Crippen LogP contribution >= 0.6 is 0 Å². The lowest BCUT2D eigenvalue weighted by Gasteiger charge is -2.29. The van der Waals surface area contributed by atoms with Crippen LogP contribution in [-0.4, -0.2) is 26.9 Å². The fraction of sp³-hybridized carbons (Fsp3) is 0.304. The van der Waals surface area contributed by atoms with Gasteiger partial charge in [0.2, 0.25) is 5.91 Å². The number of rotatable bonds is 5. The topological polar surface area (TPSA) is 50.2 Å². The van der Waals surface area contributed by atoms with Crippen molar-refractivity contribution in [1.29, 1.82) is 0 Å². The number of aromatic nitrogens is 2. The molecule has 3 aromatic rings.